The van der Waals surface area contributed by atoms with Gasteiger partial charge < -0.3 is 19.2 Å². The lowest BCUT2D eigenvalue weighted by Crippen LogP contribution is -2.26. The van der Waals surface area contributed by atoms with Crippen LogP contribution in [-0.2, 0) is 24.3 Å². The molecule has 4 rings (SSSR count). The van der Waals surface area contributed by atoms with Gasteiger partial charge in [0.25, 0.3) is 0 Å². The van der Waals surface area contributed by atoms with E-state index in [0.717, 1.165) is 29.0 Å². The molecule has 30 heavy (non-hydrogen) atoms. The third kappa shape index (κ3) is 4.16. The fraction of sp³-hybridized carbons (Fsp3) is 0.364. The number of fused-ring (bicyclic) bond motifs is 2. The van der Waals surface area contributed by atoms with Gasteiger partial charge in [0.1, 0.15) is 17.6 Å². The van der Waals surface area contributed by atoms with Gasteiger partial charge in [0.2, 0.25) is 5.91 Å². The maximum Gasteiger partial charge on any atom is 0.419 e. The maximum absolute atomic E-state index is 12.4. The zero-order valence-corrected chi connectivity index (χ0v) is 17.6. The molecular weight excluding hydrogens is 408 g/mol. The van der Waals surface area contributed by atoms with Crippen LogP contribution in [-0.4, -0.2) is 23.2 Å². The fourth-order valence-corrected chi connectivity index (χ4v) is 3.82. The van der Waals surface area contributed by atoms with Crippen molar-refractivity contribution < 1.29 is 18.7 Å². The quantitative estimate of drug-likeness (QED) is 0.618. The Balaban J connectivity index is 1.42. The van der Waals surface area contributed by atoms with E-state index < -0.39 is 5.76 Å². The van der Waals surface area contributed by atoms with Crippen molar-refractivity contribution in [2.45, 2.75) is 45.9 Å². The number of halogens is 1. The number of hydrogen-bond acceptors (Lipinski definition) is 5. The molecule has 0 saturated heterocycles. The van der Waals surface area contributed by atoms with E-state index in [-0.39, 0.29) is 25.0 Å². The summed E-state index contributed by atoms with van der Waals surface area (Å²) in [4.78, 5) is 24.5. The van der Waals surface area contributed by atoms with Crippen LogP contribution in [0.5, 0.6) is 11.5 Å². The van der Waals surface area contributed by atoms with E-state index >= 15 is 0 Å². The van der Waals surface area contributed by atoms with Gasteiger partial charge in [-0.15, -0.1) is 0 Å². The summed E-state index contributed by atoms with van der Waals surface area (Å²) < 4.78 is 18.2. The predicted molar refractivity (Wildman–Crippen MR) is 113 cm³/mol. The van der Waals surface area contributed by atoms with Crippen LogP contribution < -0.4 is 20.5 Å². The Morgan fingerprint density at radius 3 is 2.97 bits per heavy atom. The highest BCUT2D eigenvalue weighted by Gasteiger charge is 2.22. The highest BCUT2D eigenvalue weighted by atomic mass is 35.5. The molecule has 8 heteroatoms. The number of nitrogens with zero attached hydrogens (tertiary/aromatic N) is 1. The topological polar surface area (TPSA) is 82.7 Å². The zero-order valence-electron chi connectivity index (χ0n) is 16.9. The predicted octanol–water partition coefficient (Wildman–Crippen LogP) is 3.68. The number of carbonyl (C=O) groups is 1. The number of rotatable bonds is 7. The second-order valence-corrected chi connectivity index (χ2v) is 7.73. The SMILES string of the molecule is CCOc1cc2c(cc1CNC(=O)CCn1c(=O)oc3cc(Cl)ccc31)OC(C)C2. The van der Waals surface area contributed by atoms with Crippen LogP contribution in [0.4, 0.5) is 0 Å². The molecule has 1 amide bonds. The Labute approximate surface area is 178 Å². The molecule has 0 spiro atoms. The minimum atomic E-state index is -0.511. The van der Waals surface area contributed by atoms with Crippen molar-refractivity contribution >= 4 is 28.6 Å². The summed E-state index contributed by atoms with van der Waals surface area (Å²) in [6.07, 6.45) is 1.12. The van der Waals surface area contributed by atoms with Gasteiger partial charge in [0.05, 0.1) is 12.1 Å². The fourth-order valence-electron chi connectivity index (χ4n) is 3.66. The second kappa shape index (κ2) is 8.44. The van der Waals surface area contributed by atoms with Gasteiger partial charge in [0, 0.05) is 48.1 Å². The molecule has 0 saturated carbocycles. The van der Waals surface area contributed by atoms with Crippen LogP contribution in [0.2, 0.25) is 5.02 Å². The maximum atomic E-state index is 12.4. The lowest BCUT2D eigenvalue weighted by atomic mass is 10.1. The van der Waals surface area contributed by atoms with Crippen LogP contribution in [0.25, 0.3) is 11.1 Å². The number of ether oxygens (including phenoxy) is 2. The first-order valence-electron chi connectivity index (χ1n) is 9.95. The molecule has 0 fully saturated rings. The molecule has 2 aromatic carbocycles. The first-order chi connectivity index (χ1) is 14.4. The van der Waals surface area contributed by atoms with Gasteiger partial charge in [0.15, 0.2) is 5.58 Å². The Morgan fingerprint density at radius 1 is 1.33 bits per heavy atom. The molecule has 1 aliphatic rings. The Bertz CT molecular complexity index is 1150. The summed E-state index contributed by atoms with van der Waals surface area (Å²) in [5.41, 5.74) is 2.99. The van der Waals surface area contributed by atoms with E-state index in [9.17, 15) is 9.59 Å². The number of aromatic nitrogens is 1. The van der Waals surface area contributed by atoms with Gasteiger partial charge in [-0.3, -0.25) is 9.36 Å². The van der Waals surface area contributed by atoms with Crippen LogP contribution in [0.15, 0.2) is 39.5 Å². The molecule has 1 aromatic heterocycles. The number of carbonyl (C=O) groups excluding carboxylic acids is 1. The standard InChI is InChI=1S/C22H23ClN2O5/c1-3-28-18-9-14-8-13(2)29-19(14)10-15(18)12-24-21(26)6-7-25-17-5-4-16(23)11-20(17)30-22(25)27/h4-5,9-11,13H,3,6-8,12H2,1-2H3,(H,24,26). The van der Waals surface area contributed by atoms with E-state index in [1.54, 1.807) is 18.2 Å². The lowest BCUT2D eigenvalue weighted by Gasteiger charge is -2.13. The third-order valence-corrected chi connectivity index (χ3v) is 5.28. The smallest absolute Gasteiger partial charge is 0.419 e. The van der Waals surface area contributed by atoms with Crippen molar-refractivity contribution in [1.82, 2.24) is 9.88 Å². The molecule has 0 aliphatic carbocycles. The van der Waals surface area contributed by atoms with Gasteiger partial charge in [-0.25, -0.2) is 4.79 Å². The van der Waals surface area contributed by atoms with Gasteiger partial charge in [-0.2, -0.15) is 0 Å². The number of hydrogen-bond donors (Lipinski definition) is 1. The summed E-state index contributed by atoms with van der Waals surface area (Å²) in [6, 6.07) is 8.90. The number of benzene rings is 2. The first kappa shape index (κ1) is 20.3. The minimum absolute atomic E-state index is 0.136. The summed E-state index contributed by atoms with van der Waals surface area (Å²) in [5.74, 6) is 0.902. The number of oxazole rings is 1. The Morgan fingerprint density at radius 2 is 2.17 bits per heavy atom. The average molecular weight is 431 g/mol. The minimum Gasteiger partial charge on any atom is -0.494 e. The number of amides is 1. The highest BCUT2D eigenvalue weighted by molar-refractivity contribution is 6.31. The molecule has 0 bridgehead atoms. The van der Waals surface area contributed by atoms with Crippen LogP contribution in [0, 0.1) is 0 Å². The second-order valence-electron chi connectivity index (χ2n) is 7.29. The van der Waals surface area contributed by atoms with Crippen molar-refractivity contribution in [3.8, 4) is 11.5 Å². The van der Waals surface area contributed by atoms with Gasteiger partial charge >= 0.3 is 5.76 Å². The molecule has 1 N–H and O–H groups in total. The van der Waals surface area contributed by atoms with E-state index in [0.29, 0.717) is 29.3 Å². The summed E-state index contributed by atoms with van der Waals surface area (Å²) in [6.45, 7) is 5.01. The molecule has 1 unspecified atom stereocenters. The zero-order chi connectivity index (χ0) is 21.3. The van der Waals surface area contributed by atoms with Crippen molar-refractivity contribution in [2.75, 3.05) is 6.61 Å². The van der Waals surface area contributed by atoms with E-state index in [1.165, 1.54) is 4.57 Å². The first-order valence-corrected chi connectivity index (χ1v) is 10.3. The molecule has 2 heterocycles. The van der Waals surface area contributed by atoms with Crippen LogP contribution >= 0.6 is 11.6 Å². The molecule has 7 nitrogen and oxygen atoms in total. The monoisotopic (exact) mass is 430 g/mol. The largest absolute Gasteiger partial charge is 0.494 e. The van der Waals surface area contributed by atoms with Crippen LogP contribution in [0.3, 0.4) is 0 Å². The highest BCUT2D eigenvalue weighted by Crippen LogP contribution is 2.35. The number of aryl methyl sites for hydroxylation is 1. The Hall–Kier alpha value is -2.93. The van der Waals surface area contributed by atoms with Gasteiger partial charge in [-0.1, -0.05) is 11.6 Å². The normalized spacial score (nSPS) is 15.1. The van der Waals surface area contributed by atoms with Crippen LogP contribution in [0.1, 0.15) is 31.4 Å². The molecular formula is C22H23ClN2O5. The summed E-state index contributed by atoms with van der Waals surface area (Å²) in [5, 5.41) is 3.38. The summed E-state index contributed by atoms with van der Waals surface area (Å²) in [7, 11) is 0. The third-order valence-electron chi connectivity index (χ3n) is 5.05. The molecule has 158 valence electrons. The molecule has 1 aliphatic heterocycles. The number of nitrogens with one attached hydrogen (secondary N) is 1. The molecule has 0 radical (unpaired) electrons. The van der Waals surface area contributed by atoms with E-state index in [2.05, 4.69) is 5.32 Å². The Kier molecular flexibility index (Phi) is 5.72. The average Bonchev–Trinajstić information content (AvgIpc) is 3.21. The van der Waals surface area contributed by atoms with Crippen molar-refractivity contribution in [3.63, 3.8) is 0 Å². The van der Waals surface area contributed by atoms with E-state index in [1.807, 2.05) is 26.0 Å². The van der Waals surface area contributed by atoms with Crippen molar-refractivity contribution in [3.05, 3.63) is 57.0 Å². The van der Waals surface area contributed by atoms with E-state index in [4.69, 9.17) is 25.5 Å². The van der Waals surface area contributed by atoms with Crippen molar-refractivity contribution in [2.24, 2.45) is 0 Å². The summed E-state index contributed by atoms with van der Waals surface area (Å²) >= 11 is 5.93. The van der Waals surface area contributed by atoms with Gasteiger partial charge in [-0.05, 0) is 38.1 Å². The van der Waals surface area contributed by atoms with Crippen molar-refractivity contribution in [1.29, 1.82) is 0 Å². The molecule has 1 atom stereocenters. The lowest BCUT2D eigenvalue weighted by molar-refractivity contribution is -0.121. The molecule has 3 aromatic rings.